The fourth-order valence-corrected chi connectivity index (χ4v) is 5.25. The lowest BCUT2D eigenvalue weighted by Crippen LogP contribution is -2.22. The summed E-state index contributed by atoms with van der Waals surface area (Å²) in [6.07, 6.45) is 1.60. The first-order valence-electron chi connectivity index (χ1n) is 14.7. The van der Waals surface area contributed by atoms with Crippen LogP contribution in [0.15, 0.2) is 97.1 Å². The van der Waals surface area contributed by atoms with E-state index in [0.29, 0.717) is 6.26 Å². The summed E-state index contributed by atoms with van der Waals surface area (Å²) in [4.78, 5) is 8.78. The Morgan fingerprint density at radius 2 is 0.941 bits per heavy atom. The lowest BCUT2D eigenvalue weighted by molar-refractivity contribution is 0.403. The minimum absolute atomic E-state index is 0. The Kier molecular flexibility index (Phi) is 11.6. The zero-order valence-corrected chi connectivity index (χ0v) is 28.9. The third-order valence-electron chi connectivity index (χ3n) is 7.31. The molecule has 3 N–H and O–H groups in total. The van der Waals surface area contributed by atoms with Gasteiger partial charge in [0.05, 0.1) is 23.5 Å². The quantitative estimate of drug-likeness (QED) is 0.129. The number of aromatic nitrogens is 6. The van der Waals surface area contributed by atoms with Crippen molar-refractivity contribution in [3.63, 3.8) is 0 Å². The topological polar surface area (TPSA) is 220 Å². The van der Waals surface area contributed by atoms with Crippen LogP contribution in [0.3, 0.4) is 0 Å². The number of nitrogens with two attached hydrogens (primary N) is 1. The van der Waals surface area contributed by atoms with Crippen LogP contribution in [0.1, 0.15) is 7.43 Å². The van der Waals surface area contributed by atoms with Crippen LogP contribution in [0.25, 0.3) is 65.2 Å². The van der Waals surface area contributed by atoms with Gasteiger partial charge in [-0.2, -0.15) is 13.5 Å². The fourth-order valence-electron chi connectivity index (χ4n) is 5.25. The number of nitrogen functional groups attached to an aromatic ring is 1. The first-order valence-corrected chi connectivity index (χ1v) is 18.3. The largest absolute Gasteiger partial charge is 0.748 e. The Balaban J connectivity index is 0.000000176. The summed E-state index contributed by atoms with van der Waals surface area (Å²) in [5.74, 6) is 0.202. The maximum absolute atomic E-state index is 9.78. The monoisotopic (exact) mass is 727 g/mol. The number of aryl methyl sites for hydroxylation is 1. The van der Waals surface area contributed by atoms with Gasteiger partial charge in [-0.1, -0.05) is 104 Å². The number of nitrogens with one attached hydrogen (secondary N) is 1. The summed E-state index contributed by atoms with van der Waals surface area (Å²) >= 11 is 0. The molecule has 0 bridgehead atoms. The summed E-state index contributed by atoms with van der Waals surface area (Å²) in [6.45, 7) is 0. The van der Waals surface area contributed by atoms with E-state index >= 15 is 0 Å². The molecule has 0 atom stereocenters. The highest BCUT2D eigenvalue weighted by Gasteiger charge is 2.12. The van der Waals surface area contributed by atoms with Crippen LogP contribution in [0.5, 0.6) is 0 Å². The van der Waals surface area contributed by atoms with Gasteiger partial charge in [-0.3, -0.25) is 9.59 Å². The molecule has 0 amide bonds. The van der Waals surface area contributed by atoms with E-state index in [0.717, 1.165) is 73.1 Å². The van der Waals surface area contributed by atoms with Gasteiger partial charge in [0.15, 0.2) is 0 Å². The van der Waals surface area contributed by atoms with Crippen molar-refractivity contribution in [1.29, 1.82) is 5.41 Å². The molecule has 0 radical (unpaired) electrons. The predicted molar refractivity (Wildman–Crippen MR) is 200 cm³/mol. The van der Waals surface area contributed by atoms with E-state index in [1.807, 2.05) is 66.7 Å². The Hall–Kier alpha value is -5.68. The molecule has 0 saturated carbocycles. The number of anilines is 1. The van der Waals surface area contributed by atoms with E-state index in [4.69, 9.17) is 24.1 Å². The van der Waals surface area contributed by atoms with Crippen molar-refractivity contribution >= 4 is 91.3 Å². The fraction of sp³-hybridized carbons (Fsp3) is 0.143. The minimum Gasteiger partial charge on any atom is -0.748 e. The third-order valence-corrected chi connectivity index (χ3v) is 7.92. The van der Waals surface area contributed by atoms with E-state index in [1.54, 1.807) is 7.05 Å². The van der Waals surface area contributed by atoms with Crippen molar-refractivity contribution in [2.45, 2.75) is 7.43 Å². The molecule has 6 aromatic carbocycles. The molecule has 0 aliphatic carbocycles. The second kappa shape index (κ2) is 15.5. The van der Waals surface area contributed by atoms with E-state index in [2.05, 4.69) is 59.8 Å². The summed E-state index contributed by atoms with van der Waals surface area (Å²) in [5.41, 5.74) is 9.08. The standard InChI is InChI=1S/C16H12N4.C15H10N4.C2H6O3S.CH4O3S.CH4/c1-20-16(17)18-14-12-8-4-2-6-10(12)11-7-3-5-9-13(11)15(14)19-20;16-15-17-13-11-7-3-1-5-9(11)10-6-2-4-8-12(10)14(13)18-19-15;1-5-6(2,3)4;1-5(2,3)4;/h2-9,17H,1H3;1-8H,(H2,16,17,19);1-2H3;1H3,(H,2,3,4);1H4/p-1. The van der Waals surface area contributed by atoms with Gasteiger partial charge >= 0.3 is 0 Å². The maximum atomic E-state index is 9.78. The lowest BCUT2D eigenvalue weighted by Gasteiger charge is -2.09. The van der Waals surface area contributed by atoms with Gasteiger partial charge in [-0.05, 0) is 21.5 Å². The van der Waals surface area contributed by atoms with Gasteiger partial charge in [-0.25, -0.2) is 23.1 Å². The van der Waals surface area contributed by atoms with Crippen LogP contribution in [-0.4, -0.2) is 71.0 Å². The molecule has 14 nitrogen and oxygen atoms in total. The second-order valence-electron chi connectivity index (χ2n) is 10.9. The van der Waals surface area contributed by atoms with Crippen LogP contribution < -0.4 is 11.4 Å². The number of hydrogen-bond acceptors (Lipinski definition) is 13. The predicted octanol–water partition coefficient (Wildman–Crippen LogP) is 5.06. The van der Waals surface area contributed by atoms with Crippen molar-refractivity contribution < 1.29 is 25.6 Å². The van der Waals surface area contributed by atoms with Gasteiger partial charge in [-0.15, -0.1) is 10.2 Å². The molecule has 8 rings (SSSR count). The highest BCUT2D eigenvalue weighted by molar-refractivity contribution is 7.86. The first-order chi connectivity index (χ1) is 23.7. The second-order valence-corrected chi connectivity index (χ2v) is 14.0. The number of nitrogens with zero attached hydrogens (tertiary/aromatic N) is 6. The highest BCUT2D eigenvalue weighted by Crippen LogP contribution is 2.33. The van der Waals surface area contributed by atoms with Crippen LogP contribution in [-0.2, 0) is 31.5 Å². The van der Waals surface area contributed by atoms with Crippen LogP contribution >= 0.6 is 0 Å². The van der Waals surface area contributed by atoms with Gasteiger partial charge in [0.1, 0.15) is 22.1 Å². The molecule has 0 spiro atoms. The lowest BCUT2D eigenvalue weighted by atomic mass is 10.00. The average molecular weight is 728 g/mol. The van der Waals surface area contributed by atoms with Crippen molar-refractivity contribution in [2.24, 2.45) is 7.05 Å². The van der Waals surface area contributed by atoms with Gasteiger partial charge in [0, 0.05) is 34.8 Å². The maximum Gasteiger partial charge on any atom is 0.264 e. The van der Waals surface area contributed by atoms with E-state index < -0.39 is 20.2 Å². The normalized spacial score (nSPS) is 11.2. The highest BCUT2D eigenvalue weighted by atomic mass is 32.2. The summed E-state index contributed by atoms with van der Waals surface area (Å²) in [5, 5.41) is 29.4. The smallest absolute Gasteiger partial charge is 0.264 e. The average Bonchev–Trinajstić information content (AvgIpc) is 3.09. The molecule has 8 aromatic rings. The van der Waals surface area contributed by atoms with Gasteiger partial charge in [0.25, 0.3) is 10.1 Å². The van der Waals surface area contributed by atoms with Crippen molar-refractivity contribution in [3.8, 4) is 0 Å². The minimum atomic E-state index is -3.92. The molecule has 0 aliphatic heterocycles. The number of hydrogen-bond donors (Lipinski definition) is 2. The molecule has 2 aromatic heterocycles. The van der Waals surface area contributed by atoms with E-state index in [1.165, 1.54) is 10.1 Å². The van der Waals surface area contributed by atoms with Crippen LogP contribution in [0.2, 0.25) is 0 Å². The molecular weight excluding hydrogens is 693 g/mol. The number of benzene rings is 6. The zero-order valence-electron chi connectivity index (χ0n) is 27.3. The van der Waals surface area contributed by atoms with Gasteiger partial charge in [0.2, 0.25) is 11.6 Å². The van der Waals surface area contributed by atoms with E-state index in [9.17, 15) is 8.42 Å². The molecule has 0 fully saturated rings. The Bertz CT molecular complexity index is 2790. The van der Waals surface area contributed by atoms with E-state index in [-0.39, 0.29) is 19.0 Å². The molecule has 0 unspecified atom stereocenters. The Morgan fingerprint density at radius 1 is 0.627 bits per heavy atom. The molecule has 2 heterocycles. The number of rotatable bonds is 1. The molecule has 0 aliphatic rings. The molecule has 16 heteroatoms. The first kappa shape index (κ1) is 38.1. The molecule has 0 saturated heterocycles. The van der Waals surface area contributed by atoms with Crippen molar-refractivity contribution in [3.05, 3.63) is 103 Å². The van der Waals surface area contributed by atoms with Crippen molar-refractivity contribution in [2.75, 3.05) is 25.4 Å². The number of fused-ring (bicyclic) bond motifs is 12. The Labute approximate surface area is 293 Å². The summed E-state index contributed by atoms with van der Waals surface area (Å²) in [6, 6.07) is 32.7. The molecule has 264 valence electrons. The zero-order chi connectivity index (χ0) is 36.2. The Morgan fingerprint density at radius 3 is 1.31 bits per heavy atom. The van der Waals surface area contributed by atoms with Crippen molar-refractivity contribution in [1.82, 2.24) is 29.9 Å². The SMILES string of the molecule is C.COS(C)(=O)=O.CS(=O)(=O)[O-].Cn1nc2c3ccccc3c3ccccc3c2nc1=N.Nc1nnc2c3ccccc3c3ccccc3c2n1. The van der Waals surface area contributed by atoms with Crippen LogP contribution in [0.4, 0.5) is 5.95 Å². The summed E-state index contributed by atoms with van der Waals surface area (Å²) < 4.78 is 52.2. The molecule has 51 heavy (non-hydrogen) atoms. The van der Waals surface area contributed by atoms with Gasteiger partial charge < -0.3 is 10.3 Å². The third kappa shape index (κ3) is 8.92. The molecular formula is C35H35N8O6S2-. The summed E-state index contributed by atoms with van der Waals surface area (Å²) in [7, 11) is -4.21. The van der Waals surface area contributed by atoms with Crippen LogP contribution in [0, 0.1) is 5.41 Å².